The van der Waals surface area contributed by atoms with Crippen molar-refractivity contribution in [3.8, 4) is 11.5 Å². The van der Waals surface area contributed by atoms with E-state index in [1.807, 2.05) is 31.2 Å². The van der Waals surface area contributed by atoms with Gasteiger partial charge in [0.1, 0.15) is 29.6 Å². The number of halogens is 1. The number of aryl methyl sites for hydroxylation is 1. The summed E-state index contributed by atoms with van der Waals surface area (Å²) < 4.78 is 24.9. The number of amides is 2. The second kappa shape index (κ2) is 7.79. The SMILES string of the molecule is COc1cccc2c1CN(c1cc(OCc3ncccc3F)ccc1C)C(=O)N2. The van der Waals surface area contributed by atoms with Gasteiger partial charge >= 0.3 is 6.03 Å². The van der Waals surface area contributed by atoms with Gasteiger partial charge in [0.2, 0.25) is 0 Å². The highest BCUT2D eigenvalue weighted by Crippen LogP contribution is 2.36. The highest BCUT2D eigenvalue weighted by Gasteiger charge is 2.27. The number of methoxy groups -OCH3 is 1. The van der Waals surface area contributed by atoms with Crippen LogP contribution < -0.4 is 19.7 Å². The number of urea groups is 1. The van der Waals surface area contributed by atoms with Crippen molar-refractivity contribution < 1.29 is 18.7 Å². The zero-order chi connectivity index (χ0) is 20.4. The number of pyridine rings is 1. The lowest BCUT2D eigenvalue weighted by atomic mass is 10.1. The molecule has 6 nitrogen and oxygen atoms in total. The van der Waals surface area contributed by atoms with Crippen LogP contribution in [-0.4, -0.2) is 18.1 Å². The van der Waals surface area contributed by atoms with Crippen LogP contribution in [0.15, 0.2) is 54.7 Å². The van der Waals surface area contributed by atoms with Crippen LogP contribution in [0.1, 0.15) is 16.8 Å². The Balaban J connectivity index is 1.60. The third-order valence-corrected chi connectivity index (χ3v) is 4.84. The van der Waals surface area contributed by atoms with Gasteiger partial charge in [0.05, 0.1) is 25.0 Å². The van der Waals surface area contributed by atoms with Crippen LogP contribution in [0.4, 0.5) is 20.6 Å². The third-order valence-electron chi connectivity index (χ3n) is 4.84. The highest BCUT2D eigenvalue weighted by molar-refractivity contribution is 6.05. The monoisotopic (exact) mass is 393 g/mol. The van der Waals surface area contributed by atoms with Gasteiger partial charge in [-0.05, 0) is 42.8 Å². The van der Waals surface area contributed by atoms with E-state index < -0.39 is 5.82 Å². The predicted molar refractivity (Wildman–Crippen MR) is 108 cm³/mol. The molecule has 1 aromatic heterocycles. The first-order chi connectivity index (χ1) is 14.1. The number of ether oxygens (including phenoxy) is 2. The summed E-state index contributed by atoms with van der Waals surface area (Å²) in [5, 5.41) is 2.90. The Kier molecular flexibility index (Phi) is 5.03. The van der Waals surface area contributed by atoms with Gasteiger partial charge < -0.3 is 14.8 Å². The number of carbonyl (C=O) groups is 1. The molecule has 7 heteroatoms. The molecule has 1 N–H and O–H groups in total. The minimum absolute atomic E-state index is 0.00196. The van der Waals surface area contributed by atoms with E-state index in [9.17, 15) is 9.18 Å². The summed E-state index contributed by atoms with van der Waals surface area (Å²) in [6, 6.07) is 13.6. The first-order valence-corrected chi connectivity index (χ1v) is 9.14. The molecule has 0 atom stereocenters. The van der Waals surface area contributed by atoms with Crippen LogP contribution in [0.25, 0.3) is 0 Å². The Morgan fingerprint density at radius 2 is 2.07 bits per heavy atom. The maximum atomic E-state index is 13.8. The van der Waals surface area contributed by atoms with E-state index >= 15 is 0 Å². The van der Waals surface area contributed by atoms with Gasteiger partial charge in [-0.1, -0.05) is 12.1 Å². The maximum absolute atomic E-state index is 13.8. The molecule has 3 aromatic rings. The number of anilines is 2. The lowest BCUT2D eigenvalue weighted by molar-refractivity contribution is 0.255. The van der Waals surface area contributed by atoms with Gasteiger partial charge in [-0.2, -0.15) is 0 Å². The largest absolute Gasteiger partial charge is 0.496 e. The topological polar surface area (TPSA) is 63.7 Å². The Labute approximate surface area is 167 Å². The summed E-state index contributed by atoms with van der Waals surface area (Å²) >= 11 is 0. The first kappa shape index (κ1) is 18.7. The number of hydrogen-bond acceptors (Lipinski definition) is 4. The summed E-state index contributed by atoms with van der Waals surface area (Å²) in [5.41, 5.74) is 3.48. The van der Waals surface area contributed by atoms with Gasteiger partial charge in [0, 0.05) is 17.8 Å². The van der Waals surface area contributed by atoms with Crippen LogP contribution in [0.2, 0.25) is 0 Å². The van der Waals surface area contributed by atoms with Crippen LogP contribution in [0.5, 0.6) is 11.5 Å². The Morgan fingerprint density at radius 1 is 1.21 bits per heavy atom. The molecule has 0 saturated carbocycles. The van der Waals surface area contributed by atoms with E-state index in [1.165, 1.54) is 18.3 Å². The molecule has 1 aliphatic rings. The van der Waals surface area contributed by atoms with Crippen molar-refractivity contribution in [1.29, 1.82) is 0 Å². The molecule has 0 radical (unpaired) electrons. The van der Waals surface area contributed by atoms with Crippen molar-refractivity contribution >= 4 is 17.4 Å². The van der Waals surface area contributed by atoms with Crippen molar-refractivity contribution in [3.05, 3.63) is 77.4 Å². The Morgan fingerprint density at radius 3 is 2.86 bits per heavy atom. The van der Waals surface area contributed by atoms with E-state index in [0.717, 1.165) is 16.8 Å². The second-order valence-corrected chi connectivity index (χ2v) is 6.67. The van der Waals surface area contributed by atoms with Crippen LogP contribution in [0.3, 0.4) is 0 Å². The summed E-state index contributed by atoms with van der Waals surface area (Å²) in [7, 11) is 1.60. The van der Waals surface area contributed by atoms with Crippen molar-refractivity contribution in [2.24, 2.45) is 0 Å². The van der Waals surface area contributed by atoms with E-state index in [1.54, 1.807) is 24.1 Å². The number of carbonyl (C=O) groups excluding carboxylic acids is 1. The molecule has 0 aliphatic carbocycles. The van der Waals surface area contributed by atoms with Crippen molar-refractivity contribution in [3.63, 3.8) is 0 Å². The molecular weight excluding hydrogens is 373 g/mol. The smallest absolute Gasteiger partial charge is 0.326 e. The van der Waals surface area contributed by atoms with Crippen LogP contribution in [-0.2, 0) is 13.2 Å². The number of benzene rings is 2. The standard InChI is InChI=1S/C22H20FN3O3/c1-14-8-9-15(29-13-19-17(23)5-4-10-24-19)11-20(14)26-12-16-18(25-22(26)27)6-3-7-21(16)28-2/h3-11H,12-13H2,1-2H3,(H,25,27). The molecule has 0 unspecified atom stereocenters. The van der Waals surface area contributed by atoms with Gasteiger partial charge in [-0.25, -0.2) is 9.18 Å². The normalized spacial score (nSPS) is 12.9. The molecule has 0 spiro atoms. The van der Waals surface area contributed by atoms with Gasteiger partial charge in [-0.15, -0.1) is 0 Å². The van der Waals surface area contributed by atoms with E-state index in [0.29, 0.717) is 23.7 Å². The molecule has 0 saturated heterocycles. The predicted octanol–water partition coefficient (Wildman–Crippen LogP) is 4.67. The zero-order valence-electron chi connectivity index (χ0n) is 16.1. The molecular formula is C22H20FN3O3. The number of nitrogens with zero attached hydrogens (tertiary/aromatic N) is 2. The van der Waals surface area contributed by atoms with Gasteiger partial charge in [0.25, 0.3) is 0 Å². The number of aromatic nitrogens is 1. The lowest BCUT2D eigenvalue weighted by Gasteiger charge is -2.31. The second-order valence-electron chi connectivity index (χ2n) is 6.67. The van der Waals surface area contributed by atoms with Crippen molar-refractivity contribution in [2.45, 2.75) is 20.1 Å². The van der Waals surface area contributed by atoms with E-state index in [2.05, 4.69) is 10.3 Å². The molecule has 0 bridgehead atoms. The summed E-state index contributed by atoms with van der Waals surface area (Å²) in [4.78, 5) is 18.3. The summed E-state index contributed by atoms with van der Waals surface area (Å²) in [6.45, 7) is 2.28. The molecule has 2 aromatic carbocycles. The quantitative estimate of drug-likeness (QED) is 0.684. The van der Waals surface area contributed by atoms with Gasteiger partial charge in [-0.3, -0.25) is 9.88 Å². The Hall–Kier alpha value is -3.61. The van der Waals surface area contributed by atoms with Crippen molar-refractivity contribution in [2.75, 3.05) is 17.3 Å². The fourth-order valence-electron chi connectivity index (χ4n) is 3.29. The maximum Gasteiger partial charge on any atom is 0.326 e. The summed E-state index contributed by atoms with van der Waals surface area (Å²) in [6.07, 6.45) is 1.52. The average molecular weight is 393 g/mol. The summed E-state index contributed by atoms with van der Waals surface area (Å²) in [5.74, 6) is 0.816. The Bertz CT molecular complexity index is 1070. The molecule has 0 fully saturated rings. The first-order valence-electron chi connectivity index (χ1n) is 9.14. The molecule has 2 heterocycles. The average Bonchev–Trinajstić information content (AvgIpc) is 2.73. The minimum atomic E-state index is -0.418. The third kappa shape index (κ3) is 3.71. The fourth-order valence-corrected chi connectivity index (χ4v) is 3.29. The highest BCUT2D eigenvalue weighted by atomic mass is 19.1. The number of nitrogens with one attached hydrogen (secondary N) is 1. The minimum Gasteiger partial charge on any atom is -0.496 e. The number of rotatable bonds is 5. The van der Waals surface area contributed by atoms with Crippen molar-refractivity contribution in [1.82, 2.24) is 4.98 Å². The number of fused-ring (bicyclic) bond motifs is 1. The molecule has 1 aliphatic heterocycles. The zero-order valence-corrected chi connectivity index (χ0v) is 16.1. The molecule has 29 heavy (non-hydrogen) atoms. The fraction of sp³-hybridized carbons (Fsp3) is 0.182. The van der Waals surface area contributed by atoms with Crippen LogP contribution in [0, 0.1) is 12.7 Å². The lowest BCUT2D eigenvalue weighted by Crippen LogP contribution is -2.39. The van der Waals surface area contributed by atoms with Crippen LogP contribution >= 0.6 is 0 Å². The molecule has 4 rings (SSSR count). The van der Waals surface area contributed by atoms with E-state index in [-0.39, 0.29) is 18.3 Å². The van der Waals surface area contributed by atoms with E-state index in [4.69, 9.17) is 9.47 Å². The van der Waals surface area contributed by atoms with Gasteiger partial charge in [0.15, 0.2) is 0 Å². The molecule has 2 amide bonds. The molecule has 148 valence electrons. The number of hydrogen-bond donors (Lipinski definition) is 1.